The number of carboxylic acid groups (broad SMARTS) is 1. The highest BCUT2D eigenvalue weighted by Crippen LogP contribution is 2.35. The topological polar surface area (TPSA) is 127 Å². The molecular weight excluding hydrogens is 290 g/mol. The predicted octanol–water partition coefficient (Wildman–Crippen LogP) is 1.11. The first kappa shape index (κ1) is 15.9. The normalized spacial score (nSPS) is 21.3. The summed E-state index contributed by atoms with van der Waals surface area (Å²) in [4.78, 5) is 22.8. The first-order valence-electron chi connectivity index (χ1n) is 7.12. The molecule has 7 heteroatoms. The largest absolute Gasteiger partial charge is 0.504 e. The number of phenolic OH excluding ortho intramolecular Hbond substituents is 3. The van der Waals surface area contributed by atoms with Crippen LogP contribution in [-0.2, 0) is 16.0 Å². The van der Waals surface area contributed by atoms with Crippen LogP contribution in [0.25, 0.3) is 0 Å². The number of carbonyl (C=O) groups is 2. The molecule has 0 atom stereocenters. The van der Waals surface area contributed by atoms with Crippen LogP contribution >= 0.6 is 0 Å². The van der Waals surface area contributed by atoms with Crippen LogP contribution in [0.5, 0.6) is 17.2 Å². The average Bonchev–Trinajstić information content (AvgIpc) is 2.45. The summed E-state index contributed by atoms with van der Waals surface area (Å²) < 4.78 is 0. The molecule has 22 heavy (non-hydrogen) atoms. The number of carboxylic acids is 1. The highest BCUT2D eigenvalue weighted by Gasteiger charge is 2.26. The maximum absolute atomic E-state index is 12.0. The van der Waals surface area contributed by atoms with E-state index in [-0.39, 0.29) is 24.3 Å². The molecule has 5 N–H and O–H groups in total. The molecule has 0 heterocycles. The van der Waals surface area contributed by atoms with E-state index in [0.29, 0.717) is 31.2 Å². The highest BCUT2D eigenvalue weighted by atomic mass is 16.4. The zero-order chi connectivity index (χ0) is 16.3. The second-order valence-corrected chi connectivity index (χ2v) is 5.61. The Hall–Kier alpha value is -2.44. The van der Waals surface area contributed by atoms with Gasteiger partial charge in [-0.1, -0.05) is 0 Å². The number of hydrogen-bond acceptors (Lipinski definition) is 5. The molecule has 0 bridgehead atoms. The third-order valence-corrected chi connectivity index (χ3v) is 3.94. The number of benzene rings is 1. The molecule has 2 rings (SSSR count). The minimum Gasteiger partial charge on any atom is -0.504 e. The van der Waals surface area contributed by atoms with E-state index in [4.69, 9.17) is 5.11 Å². The number of aliphatic carboxylic acids is 1. The molecule has 1 amide bonds. The number of aromatic hydroxyl groups is 3. The van der Waals surface area contributed by atoms with Gasteiger partial charge in [-0.2, -0.15) is 0 Å². The zero-order valence-electron chi connectivity index (χ0n) is 12.0. The number of hydrogen-bond donors (Lipinski definition) is 5. The summed E-state index contributed by atoms with van der Waals surface area (Å²) in [6.45, 7) is 0. The van der Waals surface area contributed by atoms with Crippen molar-refractivity contribution in [1.82, 2.24) is 5.32 Å². The number of phenols is 3. The van der Waals surface area contributed by atoms with Gasteiger partial charge in [0, 0.05) is 6.04 Å². The minimum absolute atomic E-state index is 0.0414. The van der Waals surface area contributed by atoms with E-state index in [9.17, 15) is 24.9 Å². The molecule has 0 saturated heterocycles. The lowest BCUT2D eigenvalue weighted by Gasteiger charge is -2.26. The third-order valence-electron chi connectivity index (χ3n) is 3.94. The van der Waals surface area contributed by atoms with Crippen molar-refractivity contribution in [1.29, 1.82) is 0 Å². The molecule has 1 fully saturated rings. The lowest BCUT2D eigenvalue weighted by molar-refractivity contribution is -0.142. The molecule has 0 spiro atoms. The molecule has 7 nitrogen and oxygen atoms in total. The summed E-state index contributed by atoms with van der Waals surface area (Å²) in [5.74, 6) is -2.98. The van der Waals surface area contributed by atoms with Crippen molar-refractivity contribution in [2.24, 2.45) is 5.92 Å². The summed E-state index contributed by atoms with van der Waals surface area (Å²) in [6, 6.07) is 2.38. The molecule has 0 aliphatic heterocycles. The van der Waals surface area contributed by atoms with E-state index in [1.54, 1.807) is 0 Å². The van der Waals surface area contributed by atoms with E-state index in [0.717, 1.165) is 0 Å². The molecule has 1 aliphatic rings. The van der Waals surface area contributed by atoms with Gasteiger partial charge in [0.2, 0.25) is 5.91 Å². The number of rotatable bonds is 4. The Bertz CT molecular complexity index is 554. The molecular formula is C15H19NO6. The monoisotopic (exact) mass is 309 g/mol. The summed E-state index contributed by atoms with van der Waals surface area (Å²) in [7, 11) is 0. The van der Waals surface area contributed by atoms with Crippen LogP contribution in [0.4, 0.5) is 0 Å². The summed E-state index contributed by atoms with van der Waals surface area (Å²) in [6.07, 6.45) is 2.28. The Balaban J connectivity index is 1.88. The minimum atomic E-state index is -0.792. The van der Waals surface area contributed by atoms with Gasteiger partial charge in [0.15, 0.2) is 17.2 Å². The Kier molecular flexibility index (Phi) is 4.75. The quantitative estimate of drug-likeness (QED) is 0.530. The fraction of sp³-hybridized carbons (Fsp3) is 0.467. The molecule has 0 aromatic heterocycles. The number of amides is 1. The highest BCUT2D eigenvalue weighted by molar-refractivity contribution is 5.79. The first-order valence-corrected chi connectivity index (χ1v) is 7.12. The van der Waals surface area contributed by atoms with Gasteiger partial charge in [-0.15, -0.1) is 0 Å². The van der Waals surface area contributed by atoms with Crippen LogP contribution in [0.3, 0.4) is 0 Å². The standard InChI is InChI=1S/C15H19NO6/c17-11-5-8(6-12(18)14(11)20)7-13(19)16-10-3-1-9(2-4-10)15(21)22/h5-6,9-10,17-18,20H,1-4,7H2,(H,16,19)(H,21,22). The van der Waals surface area contributed by atoms with Gasteiger partial charge < -0.3 is 25.7 Å². The maximum atomic E-state index is 12.0. The van der Waals surface area contributed by atoms with Gasteiger partial charge in [0.25, 0.3) is 0 Å². The first-order chi connectivity index (χ1) is 10.4. The van der Waals surface area contributed by atoms with Crippen LogP contribution in [0.2, 0.25) is 0 Å². The molecule has 0 unspecified atom stereocenters. The summed E-state index contributed by atoms with van der Waals surface area (Å²) in [5.41, 5.74) is 0.379. The maximum Gasteiger partial charge on any atom is 0.306 e. The van der Waals surface area contributed by atoms with Crippen LogP contribution in [-0.4, -0.2) is 38.3 Å². The molecule has 1 aliphatic carbocycles. The van der Waals surface area contributed by atoms with Crippen LogP contribution in [0.1, 0.15) is 31.2 Å². The smallest absolute Gasteiger partial charge is 0.306 e. The second-order valence-electron chi connectivity index (χ2n) is 5.61. The van der Waals surface area contributed by atoms with Crippen molar-refractivity contribution in [2.45, 2.75) is 38.1 Å². The van der Waals surface area contributed by atoms with Crippen LogP contribution in [0.15, 0.2) is 12.1 Å². The van der Waals surface area contributed by atoms with Gasteiger partial charge in [-0.3, -0.25) is 9.59 Å². The Morgan fingerprint density at radius 1 is 1.05 bits per heavy atom. The van der Waals surface area contributed by atoms with E-state index in [1.807, 2.05) is 0 Å². The molecule has 1 saturated carbocycles. The molecule has 120 valence electrons. The van der Waals surface area contributed by atoms with E-state index < -0.39 is 23.2 Å². The van der Waals surface area contributed by atoms with Crippen molar-refractivity contribution in [3.05, 3.63) is 17.7 Å². The average molecular weight is 309 g/mol. The second kappa shape index (κ2) is 6.55. The van der Waals surface area contributed by atoms with Crippen LogP contribution < -0.4 is 5.32 Å². The van der Waals surface area contributed by atoms with Crippen molar-refractivity contribution >= 4 is 11.9 Å². The molecule has 1 aromatic rings. The molecule has 1 aromatic carbocycles. The predicted molar refractivity (Wildman–Crippen MR) is 76.7 cm³/mol. The fourth-order valence-corrected chi connectivity index (χ4v) is 2.71. The third kappa shape index (κ3) is 3.81. The molecule has 0 radical (unpaired) electrons. The number of carbonyl (C=O) groups excluding carboxylic acids is 1. The van der Waals surface area contributed by atoms with E-state index in [2.05, 4.69) is 5.32 Å². The number of nitrogens with one attached hydrogen (secondary N) is 1. The Morgan fingerprint density at radius 3 is 2.09 bits per heavy atom. The van der Waals surface area contributed by atoms with Crippen molar-refractivity contribution in [3.63, 3.8) is 0 Å². The van der Waals surface area contributed by atoms with Gasteiger partial charge >= 0.3 is 5.97 Å². The van der Waals surface area contributed by atoms with Crippen molar-refractivity contribution in [2.75, 3.05) is 0 Å². The van der Waals surface area contributed by atoms with Crippen molar-refractivity contribution in [3.8, 4) is 17.2 Å². The lowest BCUT2D eigenvalue weighted by atomic mass is 9.86. The van der Waals surface area contributed by atoms with E-state index >= 15 is 0 Å². The SMILES string of the molecule is O=C(Cc1cc(O)c(O)c(O)c1)NC1CCC(C(=O)O)CC1. The van der Waals surface area contributed by atoms with Gasteiger partial charge in [0.1, 0.15) is 0 Å². The Morgan fingerprint density at radius 2 is 1.59 bits per heavy atom. The lowest BCUT2D eigenvalue weighted by Crippen LogP contribution is -2.39. The summed E-state index contributed by atoms with van der Waals surface area (Å²) in [5, 5.41) is 39.8. The fourth-order valence-electron chi connectivity index (χ4n) is 2.71. The Labute approximate surface area is 127 Å². The van der Waals surface area contributed by atoms with Crippen molar-refractivity contribution < 1.29 is 30.0 Å². The van der Waals surface area contributed by atoms with Crippen LogP contribution in [0, 0.1) is 5.92 Å². The van der Waals surface area contributed by atoms with Gasteiger partial charge in [-0.25, -0.2) is 0 Å². The van der Waals surface area contributed by atoms with Gasteiger partial charge in [0.05, 0.1) is 12.3 Å². The summed E-state index contributed by atoms with van der Waals surface area (Å²) >= 11 is 0. The van der Waals surface area contributed by atoms with Gasteiger partial charge in [-0.05, 0) is 43.4 Å². The zero-order valence-corrected chi connectivity index (χ0v) is 12.0. The van der Waals surface area contributed by atoms with E-state index in [1.165, 1.54) is 12.1 Å².